The number of pyridine rings is 1. The summed E-state index contributed by atoms with van der Waals surface area (Å²) < 4.78 is 0. The molecule has 1 fully saturated rings. The molecule has 2 aromatic rings. The number of nitrogen functional groups attached to an aromatic ring is 1. The van der Waals surface area contributed by atoms with Crippen LogP contribution in [0.4, 0.5) is 11.5 Å². The summed E-state index contributed by atoms with van der Waals surface area (Å²) in [7, 11) is 0. The number of aryl methyl sites for hydroxylation is 1. The number of hydrogen-bond acceptors (Lipinski definition) is 7. The predicted octanol–water partition coefficient (Wildman–Crippen LogP) is 1.14. The summed E-state index contributed by atoms with van der Waals surface area (Å²) in [5.74, 6) is 5.38. The normalized spacial score (nSPS) is 15.4. The molecule has 0 spiro atoms. The number of hydrazine groups is 1. The fourth-order valence-corrected chi connectivity index (χ4v) is 4.47. The van der Waals surface area contributed by atoms with Gasteiger partial charge in [0.1, 0.15) is 15.5 Å². The van der Waals surface area contributed by atoms with Crippen LogP contribution in [0.1, 0.15) is 41.4 Å². The number of nitrogens with zero attached hydrogens (tertiary/aromatic N) is 2. The first-order valence-electron chi connectivity index (χ1n) is 8.73. The highest BCUT2D eigenvalue weighted by Gasteiger charge is 2.26. The van der Waals surface area contributed by atoms with Gasteiger partial charge < -0.3 is 16.4 Å². The lowest BCUT2D eigenvalue weighted by Crippen LogP contribution is -2.43. The number of fused-ring (bicyclic) bond motifs is 1. The minimum atomic E-state index is -0.525. The molecule has 1 saturated heterocycles. The van der Waals surface area contributed by atoms with Crippen molar-refractivity contribution in [3.05, 3.63) is 16.5 Å². The third kappa shape index (κ3) is 3.32. The van der Waals surface area contributed by atoms with E-state index in [1.165, 1.54) is 11.3 Å². The highest BCUT2D eigenvalue weighted by Crippen LogP contribution is 2.37. The fourth-order valence-electron chi connectivity index (χ4n) is 3.48. The second kappa shape index (κ2) is 7.46. The van der Waals surface area contributed by atoms with E-state index in [1.54, 1.807) is 0 Å². The number of nitrogens with two attached hydrogens (primary N) is 3. The van der Waals surface area contributed by atoms with Gasteiger partial charge in [-0.2, -0.15) is 0 Å². The second-order valence-electron chi connectivity index (χ2n) is 6.55. The monoisotopic (exact) mass is 376 g/mol. The zero-order valence-corrected chi connectivity index (χ0v) is 15.6. The number of rotatable bonds is 5. The summed E-state index contributed by atoms with van der Waals surface area (Å²) in [6.07, 6.45) is 3.26. The molecule has 0 radical (unpaired) electrons. The van der Waals surface area contributed by atoms with Gasteiger partial charge in [-0.05, 0) is 30.9 Å². The molecule has 8 nitrogen and oxygen atoms in total. The van der Waals surface area contributed by atoms with Gasteiger partial charge in [-0.25, -0.2) is 10.8 Å². The van der Waals surface area contributed by atoms with Crippen LogP contribution in [0.5, 0.6) is 0 Å². The Morgan fingerprint density at radius 3 is 2.65 bits per heavy atom. The molecule has 3 heterocycles. The summed E-state index contributed by atoms with van der Waals surface area (Å²) >= 11 is 1.24. The molecule has 0 aromatic carbocycles. The number of aromatic nitrogens is 1. The van der Waals surface area contributed by atoms with Crippen LogP contribution in [0.2, 0.25) is 0 Å². The van der Waals surface area contributed by atoms with Crippen molar-refractivity contribution in [2.24, 2.45) is 17.5 Å². The number of thiophene rings is 1. The number of carbonyl (C=O) groups is 2. The molecule has 26 heavy (non-hydrogen) atoms. The van der Waals surface area contributed by atoms with E-state index < -0.39 is 5.91 Å². The second-order valence-corrected chi connectivity index (χ2v) is 7.55. The van der Waals surface area contributed by atoms with Crippen LogP contribution < -0.4 is 27.6 Å². The molecule has 0 saturated carbocycles. The van der Waals surface area contributed by atoms with Gasteiger partial charge >= 0.3 is 0 Å². The van der Waals surface area contributed by atoms with Crippen molar-refractivity contribution in [1.29, 1.82) is 0 Å². The lowest BCUT2D eigenvalue weighted by Gasteiger charge is -2.32. The molecular formula is C17H24N6O2S. The SMILES string of the molecule is CCCc1cc(N2CCC(C(=O)NN)CC2)nc2sc(C(N)=O)c(N)c12. The lowest BCUT2D eigenvalue weighted by atomic mass is 9.96. The Bertz CT molecular complexity index is 841. The average Bonchev–Trinajstić information content (AvgIpc) is 2.98. The zero-order valence-electron chi connectivity index (χ0n) is 14.7. The first-order valence-corrected chi connectivity index (χ1v) is 9.55. The van der Waals surface area contributed by atoms with E-state index >= 15 is 0 Å². The molecule has 1 aliphatic heterocycles. The van der Waals surface area contributed by atoms with Crippen molar-refractivity contribution in [3.8, 4) is 0 Å². The minimum Gasteiger partial charge on any atom is -0.397 e. The van der Waals surface area contributed by atoms with Crippen LogP contribution >= 0.6 is 11.3 Å². The van der Waals surface area contributed by atoms with Gasteiger partial charge in [0, 0.05) is 24.4 Å². The van der Waals surface area contributed by atoms with Crippen LogP contribution in [0, 0.1) is 5.92 Å². The number of nitrogens with one attached hydrogen (secondary N) is 1. The minimum absolute atomic E-state index is 0.0612. The quantitative estimate of drug-likeness (QED) is 0.350. The standard InChI is InChI=1S/C17H24N6O2S/c1-2-3-10-8-11(23-6-4-9(5-7-23)16(25)22-20)21-17-12(10)13(18)14(26-17)15(19)24/h8-9H,2-7,18,20H2,1H3,(H2,19,24)(H,22,25). The van der Waals surface area contributed by atoms with E-state index in [2.05, 4.69) is 17.2 Å². The van der Waals surface area contributed by atoms with Crippen molar-refractivity contribution >= 4 is 44.9 Å². The van der Waals surface area contributed by atoms with E-state index in [0.29, 0.717) is 10.6 Å². The number of anilines is 2. The topological polar surface area (TPSA) is 140 Å². The van der Waals surface area contributed by atoms with Gasteiger partial charge in [0.2, 0.25) is 5.91 Å². The Morgan fingerprint density at radius 2 is 2.08 bits per heavy atom. The molecule has 140 valence electrons. The maximum Gasteiger partial charge on any atom is 0.260 e. The number of amides is 2. The Labute approximate surface area is 155 Å². The van der Waals surface area contributed by atoms with Crippen LogP contribution in [0.15, 0.2) is 6.07 Å². The largest absolute Gasteiger partial charge is 0.397 e. The van der Waals surface area contributed by atoms with Crippen molar-refractivity contribution in [3.63, 3.8) is 0 Å². The molecule has 2 aromatic heterocycles. The summed E-state index contributed by atoms with van der Waals surface area (Å²) in [6.45, 7) is 3.55. The number of carbonyl (C=O) groups excluding carboxylic acids is 2. The van der Waals surface area contributed by atoms with Crippen molar-refractivity contribution in [2.75, 3.05) is 23.7 Å². The van der Waals surface area contributed by atoms with Gasteiger partial charge in [-0.1, -0.05) is 13.3 Å². The summed E-state index contributed by atoms with van der Waals surface area (Å²) in [5, 5.41) is 0.840. The Morgan fingerprint density at radius 1 is 1.38 bits per heavy atom. The molecule has 3 rings (SSSR count). The van der Waals surface area contributed by atoms with E-state index in [-0.39, 0.29) is 11.8 Å². The Balaban J connectivity index is 1.95. The molecule has 0 atom stereocenters. The van der Waals surface area contributed by atoms with Gasteiger partial charge in [0.15, 0.2) is 0 Å². The Kier molecular flexibility index (Phi) is 5.28. The lowest BCUT2D eigenvalue weighted by molar-refractivity contribution is -0.125. The third-order valence-electron chi connectivity index (χ3n) is 4.84. The first-order chi connectivity index (χ1) is 12.5. The van der Waals surface area contributed by atoms with Crippen LogP contribution in [-0.4, -0.2) is 29.9 Å². The van der Waals surface area contributed by atoms with E-state index in [9.17, 15) is 9.59 Å². The third-order valence-corrected chi connectivity index (χ3v) is 5.96. The molecule has 2 amide bonds. The van der Waals surface area contributed by atoms with Crippen LogP contribution in [-0.2, 0) is 11.2 Å². The molecular weight excluding hydrogens is 352 g/mol. The number of hydrogen-bond donors (Lipinski definition) is 4. The van der Waals surface area contributed by atoms with E-state index in [1.807, 2.05) is 6.07 Å². The summed E-state index contributed by atoms with van der Waals surface area (Å²) in [4.78, 5) is 31.3. The van der Waals surface area contributed by atoms with Crippen molar-refractivity contribution in [2.45, 2.75) is 32.6 Å². The summed E-state index contributed by atoms with van der Waals surface area (Å²) in [6, 6.07) is 2.04. The fraction of sp³-hybridized carbons (Fsp3) is 0.471. The smallest absolute Gasteiger partial charge is 0.260 e. The van der Waals surface area contributed by atoms with Gasteiger partial charge in [-0.15, -0.1) is 11.3 Å². The predicted molar refractivity (Wildman–Crippen MR) is 104 cm³/mol. The maximum atomic E-state index is 11.7. The Hall–Kier alpha value is -2.39. The molecule has 0 bridgehead atoms. The van der Waals surface area contributed by atoms with E-state index in [0.717, 1.165) is 60.4 Å². The molecule has 0 unspecified atom stereocenters. The van der Waals surface area contributed by atoms with Gasteiger partial charge in [-0.3, -0.25) is 15.0 Å². The van der Waals surface area contributed by atoms with Crippen molar-refractivity contribution in [1.82, 2.24) is 10.4 Å². The summed E-state index contributed by atoms with van der Waals surface area (Å²) in [5.41, 5.74) is 15.3. The van der Waals surface area contributed by atoms with Crippen molar-refractivity contribution < 1.29 is 9.59 Å². The highest BCUT2D eigenvalue weighted by molar-refractivity contribution is 7.21. The highest BCUT2D eigenvalue weighted by atomic mass is 32.1. The van der Waals surface area contributed by atoms with E-state index in [4.69, 9.17) is 22.3 Å². The zero-order chi connectivity index (χ0) is 18.8. The molecule has 0 aliphatic carbocycles. The number of primary amides is 1. The van der Waals surface area contributed by atoms with Gasteiger partial charge in [0.25, 0.3) is 5.91 Å². The molecule has 9 heteroatoms. The average molecular weight is 376 g/mol. The van der Waals surface area contributed by atoms with Crippen LogP contribution in [0.25, 0.3) is 10.2 Å². The van der Waals surface area contributed by atoms with Crippen LogP contribution in [0.3, 0.4) is 0 Å². The number of piperidine rings is 1. The molecule has 7 N–H and O–H groups in total. The first kappa shape index (κ1) is 18.4. The molecule has 1 aliphatic rings. The maximum absolute atomic E-state index is 11.7. The van der Waals surface area contributed by atoms with Gasteiger partial charge in [0.05, 0.1) is 5.69 Å².